The van der Waals surface area contributed by atoms with Crippen LogP contribution in [0.1, 0.15) is 16.8 Å². The third-order valence-corrected chi connectivity index (χ3v) is 4.02. The Morgan fingerprint density at radius 3 is 2.57 bits per heavy atom. The lowest BCUT2D eigenvalue weighted by molar-refractivity contribution is 0.354. The molecule has 2 N–H and O–H groups in total. The van der Waals surface area contributed by atoms with Crippen molar-refractivity contribution in [2.45, 2.75) is 13.5 Å². The molecule has 1 aromatic heterocycles. The molecule has 3 rings (SSSR count). The Morgan fingerprint density at radius 1 is 1.00 bits per heavy atom. The van der Waals surface area contributed by atoms with Crippen LogP contribution in [-0.2, 0) is 6.54 Å². The zero-order valence-corrected chi connectivity index (χ0v) is 16.0. The molecule has 0 saturated heterocycles. The van der Waals surface area contributed by atoms with Gasteiger partial charge in [0.2, 0.25) is 5.95 Å². The lowest BCUT2D eigenvalue weighted by Crippen LogP contribution is -2.06. The SMILES string of the molecule is COc1ccc(CNc2cc(C)nc(Nc3cccc(C#N)c3)n2)cc1OC. The van der Waals surface area contributed by atoms with E-state index < -0.39 is 0 Å². The molecule has 0 radical (unpaired) electrons. The zero-order chi connectivity index (χ0) is 19.9. The smallest absolute Gasteiger partial charge is 0.229 e. The molecule has 0 amide bonds. The Labute approximate surface area is 164 Å². The van der Waals surface area contributed by atoms with Gasteiger partial charge in [-0.15, -0.1) is 0 Å². The van der Waals surface area contributed by atoms with E-state index in [1.165, 1.54) is 0 Å². The van der Waals surface area contributed by atoms with Gasteiger partial charge >= 0.3 is 0 Å². The van der Waals surface area contributed by atoms with Crippen LogP contribution in [0, 0.1) is 18.3 Å². The van der Waals surface area contributed by atoms with E-state index in [0.717, 1.165) is 16.9 Å². The predicted molar refractivity (Wildman–Crippen MR) is 108 cm³/mol. The normalized spacial score (nSPS) is 10.1. The maximum absolute atomic E-state index is 9.03. The standard InChI is InChI=1S/C21H21N5O2/c1-14-9-20(23-13-16-7-8-18(27-2)19(11-16)28-3)26-21(24-14)25-17-6-4-5-15(10-17)12-22/h4-11H,13H2,1-3H3,(H2,23,24,25,26). The number of aromatic nitrogens is 2. The lowest BCUT2D eigenvalue weighted by atomic mass is 10.2. The van der Waals surface area contributed by atoms with E-state index in [2.05, 4.69) is 26.7 Å². The van der Waals surface area contributed by atoms with Gasteiger partial charge in [-0.2, -0.15) is 10.2 Å². The van der Waals surface area contributed by atoms with E-state index in [4.69, 9.17) is 14.7 Å². The Morgan fingerprint density at radius 2 is 1.82 bits per heavy atom. The van der Waals surface area contributed by atoms with Crippen LogP contribution in [0.5, 0.6) is 11.5 Å². The molecule has 1 heterocycles. The summed E-state index contributed by atoms with van der Waals surface area (Å²) in [5.41, 5.74) is 3.19. The van der Waals surface area contributed by atoms with Crippen molar-refractivity contribution in [3.05, 3.63) is 65.4 Å². The number of rotatable bonds is 7. The van der Waals surface area contributed by atoms with Crippen molar-refractivity contribution in [3.63, 3.8) is 0 Å². The second-order valence-electron chi connectivity index (χ2n) is 6.08. The molecule has 0 saturated carbocycles. The fourth-order valence-corrected chi connectivity index (χ4v) is 2.69. The van der Waals surface area contributed by atoms with Crippen molar-refractivity contribution in [2.75, 3.05) is 24.9 Å². The first kappa shape index (κ1) is 19.0. The van der Waals surface area contributed by atoms with Crippen molar-refractivity contribution in [1.82, 2.24) is 9.97 Å². The van der Waals surface area contributed by atoms with Gasteiger partial charge < -0.3 is 20.1 Å². The first-order valence-corrected chi connectivity index (χ1v) is 8.69. The second kappa shape index (κ2) is 8.73. The number of anilines is 3. The molecule has 142 valence electrons. The van der Waals surface area contributed by atoms with Crippen LogP contribution in [0.4, 0.5) is 17.5 Å². The van der Waals surface area contributed by atoms with Gasteiger partial charge in [0.1, 0.15) is 5.82 Å². The number of nitrogens with one attached hydrogen (secondary N) is 2. The molecule has 0 spiro atoms. The summed E-state index contributed by atoms with van der Waals surface area (Å²) >= 11 is 0. The minimum absolute atomic E-state index is 0.463. The molecule has 7 heteroatoms. The lowest BCUT2D eigenvalue weighted by Gasteiger charge is -2.12. The van der Waals surface area contributed by atoms with E-state index in [1.807, 2.05) is 43.3 Å². The first-order valence-electron chi connectivity index (χ1n) is 8.69. The molecular weight excluding hydrogens is 354 g/mol. The molecule has 2 aromatic carbocycles. The molecule has 0 aliphatic carbocycles. The maximum atomic E-state index is 9.03. The number of ether oxygens (including phenoxy) is 2. The molecule has 0 aliphatic heterocycles. The molecule has 0 atom stereocenters. The van der Waals surface area contributed by atoms with Gasteiger partial charge in [-0.3, -0.25) is 0 Å². The fourth-order valence-electron chi connectivity index (χ4n) is 2.69. The highest BCUT2D eigenvalue weighted by atomic mass is 16.5. The van der Waals surface area contributed by atoms with Crippen LogP contribution in [0.25, 0.3) is 0 Å². The number of benzene rings is 2. The van der Waals surface area contributed by atoms with Crippen LogP contribution in [0.2, 0.25) is 0 Å². The number of hydrogen-bond donors (Lipinski definition) is 2. The van der Waals surface area contributed by atoms with Gasteiger partial charge in [-0.25, -0.2) is 4.98 Å². The zero-order valence-electron chi connectivity index (χ0n) is 16.0. The average molecular weight is 375 g/mol. The summed E-state index contributed by atoms with van der Waals surface area (Å²) in [6.07, 6.45) is 0. The summed E-state index contributed by atoms with van der Waals surface area (Å²) in [5, 5.41) is 15.5. The summed E-state index contributed by atoms with van der Waals surface area (Å²) in [4.78, 5) is 8.91. The van der Waals surface area contributed by atoms with Gasteiger partial charge in [-0.05, 0) is 42.8 Å². The van der Waals surface area contributed by atoms with Crippen LogP contribution in [-0.4, -0.2) is 24.2 Å². The van der Waals surface area contributed by atoms with Gasteiger partial charge in [0.05, 0.1) is 25.9 Å². The Kier molecular flexibility index (Phi) is 5.92. The largest absolute Gasteiger partial charge is 0.493 e. The van der Waals surface area contributed by atoms with E-state index >= 15 is 0 Å². The summed E-state index contributed by atoms with van der Waals surface area (Å²) < 4.78 is 10.6. The third kappa shape index (κ3) is 4.68. The molecule has 3 aromatic rings. The van der Waals surface area contributed by atoms with Crippen molar-refractivity contribution in [3.8, 4) is 17.6 Å². The predicted octanol–water partition coefficient (Wildman–Crippen LogP) is 4.03. The molecule has 28 heavy (non-hydrogen) atoms. The number of aryl methyl sites for hydroxylation is 1. The number of nitriles is 1. The van der Waals surface area contributed by atoms with Crippen molar-refractivity contribution in [2.24, 2.45) is 0 Å². The first-order chi connectivity index (χ1) is 13.6. The van der Waals surface area contributed by atoms with Crippen LogP contribution in [0.15, 0.2) is 48.5 Å². The van der Waals surface area contributed by atoms with Gasteiger partial charge in [-0.1, -0.05) is 12.1 Å². The summed E-state index contributed by atoms with van der Waals surface area (Å²) in [6, 6.07) is 16.9. The van der Waals surface area contributed by atoms with E-state index in [-0.39, 0.29) is 0 Å². The summed E-state index contributed by atoms with van der Waals surface area (Å²) in [6.45, 7) is 2.47. The highest BCUT2D eigenvalue weighted by molar-refractivity contribution is 5.57. The fraction of sp³-hybridized carbons (Fsp3) is 0.190. The van der Waals surface area contributed by atoms with Crippen molar-refractivity contribution < 1.29 is 9.47 Å². The average Bonchev–Trinajstić information content (AvgIpc) is 2.71. The Balaban J connectivity index is 1.74. The minimum Gasteiger partial charge on any atom is -0.493 e. The van der Waals surface area contributed by atoms with E-state index in [1.54, 1.807) is 26.4 Å². The Hall–Kier alpha value is -3.79. The quantitative estimate of drug-likeness (QED) is 0.644. The topological polar surface area (TPSA) is 92.1 Å². The highest BCUT2D eigenvalue weighted by Gasteiger charge is 2.07. The van der Waals surface area contributed by atoms with Crippen LogP contribution >= 0.6 is 0 Å². The molecule has 0 fully saturated rings. The molecule has 0 bridgehead atoms. The van der Waals surface area contributed by atoms with Crippen molar-refractivity contribution in [1.29, 1.82) is 5.26 Å². The summed E-state index contributed by atoms with van der Waals surface area (Å²) in [7, 11) is 3.22. The van der Waals surface area contributed by atoms with Gasteiger partial charge in [0, 0.05) is 24.0 Å². The Bertz CT molecular complexity index is 1010. The number of nitrogens with zero attached hydrogens (tertiary/aromatic N) is 3. The molecule has 0 aliphatic rings. The molecule has 0 unspecified atom stereocenters. The van der Waals surface area contributed by atoms with Crippen LogP contribution in [0.3, 0.4) is 0 Å². The third-order valence-electron chi connectivity index (χ3n) is 4.02. The van der Waals surface area contributed by atoms with E-state index in [0.29, 0.717) is 35.4 Å². The van der Waals surface area contributed by atoms with Gasteiger partial charge in [0.25, 0.3) is 0 Å². The summed E-state index contributed by atoms with van der Waals surface area (Å²) in [5.74, 6) is 2.53. The monoisotopic (exact) mass is 375 g/mol. The van der Waals surface area contributed by atoms with Gasteiger partial charge in [0.15, 0.2) is 11.5 Å². The highest BCUT2D eigenvalue weighted by Crippen LogP contribution is 2.28. The number of hydrogen-bond acceptors (Lipinski definition) is 7. The molecule has 7 nitrogen and oxygen atoms in total. The second-order valence-corrected chi connectivity index (χ2v) is 6.08. The minimum atomic E-state index is 0.463. The van der Waals surface area contributed by atoms with Crippen molar-refractivity contribution >= 4 is 17.5 Å². The van der Waals surface area contributed by atoms with Crippen LogP contribution < -0.4 is 20.1 Å². The van der Waals surface area contributed by atoms with E-state index in [9.17, 15) is 0 Å². The maximum Gasteiger partial charge on any atom is 0.229 e. The number of methoxy groups -OCH3 is 2. The molecular formula is C21H21N5O2.